The number of imidazole rings is 1. The molecule has 10 nitrogen and oxygen atoms in total. The molecule has 0 atom stereocenters. The van der Waals surface area contributed by atoms with Crippen LogP contribution in [-0.4, -0.2) is 77.0 Å². The van der Waals surface area contributed by atoms with Crippen LogP contribution in [0.3, 0.4) is 0 Å². The predicted molar refractivity (Wildman–Crippen MR) is 125 cm³/mol. The molecule has 16 heteroatoms. The second-order valence-corrected chi connectivity index (χ2v) is 9.53. The van der Waals surface area contributed by atoms with Crippen LogP contribution in [0.25, 0.3) is 0 Å². The zero-order chi connectivity index (χ0) is 29.4. The molecule has 0 aromatic carbocycles. The summed E-state index contributed by atoms with van der Waals surface area (Å²) in [5.41, 5.74) is 2.54. The Morgan fingerprint density at radius 2 is 1.49 bits per heavy atom. The van der Waals surface area contributed by atoms with E-state index in [1.165, 1.54) is 63.0 Å². The Balaban J connectivity index is 0.000000317. The van der Waals surface area contributed by atoms with E-state index in [-0.39, 0.29) is 0 Å². The summed E-state index contributed by atoms with van der Waals surface area (Å²) in [6, 6.07) is 0. The first kappa shape index (κ1) is 32.0. The summed E-state index contributed by atoms with van der Waals surface area (Å²) in [4.78, 5) is 24.8. The number of carbonyl (C=O) groups is 2. The third kappa shape index (κ3) is 10.5. The number of rotatable bonds is 5. The van der Waals surface area contributed by atoms with Crippen molar-refractivity contribution < 1.29 is 46.1 Å². The number of hydrogen-bond donors (Lipinski definition) is 2. The molecule has 2 fully saturated rings. The van der Waals surface area contributed by atoms with Crippen molar-refractivity contribution in [1.82, 2.24) is 29.4 Å². The van der Waals surface area contributed by atoms with E-state index in [0.29, 0.717) is 5.92 Å². The van der Waals surface area contributed by atoms with Crippen LogP contribution >= 0.6 is 0 Å². The summed E-state index contributed by atoms with van der Waals surface area (Å²) >= 11 is 0. The maximum Gasteiger partial charge on any atom is 0.490 e. The summed E-state index contributed by atoms with van der Waals surface area (Å²) in [5.74, 6) is -3.03. The van der Waals surface area contributed by atoms with Crippen LogP contribution in [0.5, 0.6) is 0 Å². The number of nitrogens with zero attached hydrogens (tertiary/aromatic N) is 6. The number of aromatic nitrogens is 5. The van der Waals surface area contributed by atoms with Gasteiger partial charge < -0.3 is 14.8 Å². The predicted octanol–water partition coefficient (Wildman–Crippen LogP) is 4.16. The van der Waals surface area contributed by atoms with E-state index >= 15 is 0 Å². The Hall–Kier alpha value is -3.17. The van der Waals surface area contributed by atoms with E-state index in [1.54, 1.807) is 0 Å². The number of halogens is 6. The highest BCUT2D eigenvalue weighted by molar-refractivity contribution is 5.73. The summed E-state index contributed by atoms with van der Waals surface area (Å²) in [6.45, 7) is 6.43. The largest absolute Gasteiger partial charge is 0.490 e. The Morgan fingerprint density at radius 1 is 0.974 bits per heavy atom. The molecular formula is C23H32F6N6O4. The van der Waals surface area contributed by atoms with Crippen LogP contribution in [-0.2, 0) is 29.7 Å². The molecule has 39 heavy (non-hydrogen) atoms. The van der Waals surface area contributed by atoms with Gasteiger partial charge in [0.1, 0.15) is 5.82 Å². The fraction of sp³-hybridized carbons (Fsp3) is 0.696. The Morgan fingerprint density at radius 3 is 1.92 bits per heavy atom. The summed E-state index contributed by atoms with van der Waals surface area (Å²) in [5, 5.41) is 23.1. The van der Waals surface area contributed by atoms with Crippen molar-refractivity contribution >= 4 is 11.9 Å². The van der Waals surface area contributed by atoms with Gasteiger partial charge in [-0.3, -0.25) is 9.58 Å². The monoisotopic (exact) mass is 570 g/mol. The molecule has 4 rings (SSSR count). The highest BCUT2D eigenvalue weighted by Crippen LogP contribution is 2.32. The Kier molecular flexibility index (Phi) is 11.3. The summed E-state index contributed by atoms with van der Waals surface area (Å²) < 4.78 is 67.8. The van der Waals surface area contributed by atoms with Gasteiger partial charge in [-0.15, -0.1) is 5.10 Å². The number of hydrogen-bond acceptors (Lipinski definition) is 6. The quantitative estimate of drug-likeness (QED) is 0.514. The molecule has 1 saturated carbocycles. The summed E-state index contributed by atoms with van der Waals surface area (Å²) in [6.07, 6.45) is 1.85. The van der Waals surface area contributed by atoms with Crippen molar-refractivity contribution in [1.29, 1.82) is 0 Å². The SMILES string of the molecule is Cc1ncc(CN2CCC(Cn3cc(C4CCCC4)nn3)CC2)n1C.O=C(O)C(F)(F)F.O=C(O)C(F)(F)F. The van der Waals surface area contributed by atoms with E-state index in [1.807, 2.05) is 6.20 Å². The molecule has 0 radical (unpaired) electrons. The van der Waals surface area contributed by atoms with Crippen molar-refractivity contribution in [3.63, 3.8) is 0 Å². The third-order valence-electron chi connectivity index (χ3n) is 6.67. The summed E-state index contributed by atoms with van der Waals surface area (Å²) in [7, 11) is 2.11. The number of alkyl halides is 6. The number of carboxylic acid groups (broad SMARTS) is 2. The van der Waals surface area contributed by atoms with Crippen molar-refractivity contribution in [2.45, 2.75) is 76.8 Å². The zero-order valence-corrected chi connectivity index (χ0v) is 21.5. The average molecular weight is 571 g/mol. The second-order valence-electron chi connectivity index (χ2n) is 9.53. The molecule has 0 spiro atoms. The molecule has 2 aromatic heterocycles. The van der Waals surface area contributed by atoms with Crippen molar-refractivity contribution in [2.75, 3.05) is 13.1 Å². The number of piperidine rings is 1. The molecule has 220 valence electrons. The van der Waals surface area contributed by atoms with Crippen LogP contribution < -0.4 is 0 Å². The lowest BCUT2D eigenvalue weighted by Crippen LogP contribution is -2.35. The van der Waals surface area contributed by atoms with E-state index < -0.39 is 24.3 Å². The third-order valence-corrected chi connectivity index (χ3v) is 6.67. The van der Waals surface area contributed by atoms with Gasteiger partial charge in [0.05, 0.1) is 11.4 Å². The lowest BCUT2D eigenvalue weighted by molar-refractivity contribution is -0.193. The van der Waals surface area contributed by atoms with Gasteiger partial charge >= 0.3 is 24.3 Å². The fourth-order valence-corrected chi connectivity index (χ4v) is 4.33. The van der Waals surface area contributed by atoms with Gasteiger partial charge in [0.25, 0.3) is 0 Å². The van der Waals surface area contributed by atoms with E-state index in [2.05, 4.69) is 49.6 Å². The maximum absolute atomic E-state index is 10.6. The van der Waals surface area contributed by atoms with Crippen LogP contribution in [0, 0.1) is 12.8 Å². The van der Waals surface area contributed by atoms with Gasteiger partial charge in [0.15, 0.2) is 0 Å². The molecule has 1 aliphatic carbocycles. The molecule has 2 aliphatic rings. The average Bonchev–Trinajstić information content (AvgIpc) is 3.59. The van der Waals surface area contributed by atoms with Crippen molar-refractivity contribution in [3.05, 3.63) is 29.6 Å². The van der Waals surface area contributed by atoms with E-state index in [4.69, 9.17) is 19.8 Å². The van der Waals surface area contributed by atoms with Gasteiger partial charge in [0.2, 0.25) is 0 Å². The van der Waals surface area contributed by atoms with Crippen LogP contribution in [0.15, 0.2) is 12.4 Å². The lowest BCUT2D eigenvalue weighted by Gasteiger charge is -2.31. The number of carboxylic acids is 2. The smallest absolute Gasteiger partial charge is 0.475 e. The molecule has 0 bridgehead atoms. The zero-order valence-electron chi connectivity index (χ0n) is 21.5. The molecule has 0 amide bonds. The van der Waals surface area contributed by atoms with Crippen LogP contribution in [0.4, 0.5) is 26.3 Å². The van der Waals surface area contributed by atoms with Gasteiger partial charge in [0, 0.05) is 38.4 Å². The Bertz CT molecular complexity index is 1050. The van der Waals surface area contributed by atoms with Gasteiger partial charge in [-0.1, -0.05) is 18.1 Å². The highest BCUT2D eigenvalue weighted by Gasteiger charge is 2.38. The molecular weight excluding hydrogens is 538 g/mol. The maximum atomic E-state index is 10.6. The highest BCUT2D eigenvalue weighted by atomic mass is 19.4. The lowest BCUT2D eigenvalue weighted by atomic mass is 9.96. The normalized spacial score (nSPS) is 17.2. The minimum Gasteiger partial charge on any atom is -0.475 e. The van der Waals surface area contributed by atoms with Crippen molar-refractivity contribution in [3.8, 4) is 0 Å². The van der Waals surface area contributed by atoms with Crippen LogP contribution in [0.1, 0.15) is 61.7 Å². The number of aliphatic carboxylic acids is 2. The van der Waals surface area contributed by atoms with Gasteiger partial charge in [-0.05, 0) is 51.6 Å². The van der Waals surface area contributed by atoms with E-state index in [0.717, 1.165) is 24.8 Å². The van der Waals surface area contributed by atoms with Gasteiger partial charge in [-0.25, -0.2) is 14.6 Å². The minimum atomic E-state index is -5.08. The number of aryl methyl sites for hydroxylation is 1. The first-order valence-corrected chi connectivity index (χ1v) is 12.3. The Labute approximate surface area is 220 Å². The standard InChI is InChI=1S/C19H30N6.2C2HF3O2/c1-15-20-11-18(23(15)2)13-24-9-7-16(8-10-24)12-25-14-19(21-22-25)17-5-3-4-6-17;2*3-2(4,5)1(6)7/h11,14,16-17H,3-10,12-13H2,1-2H3;2*(H,6,7). The van der Waals surface area contributed by atoms with Crippen LogP contribution in [0.2, 0.25) is 0 Å². The topological polar surface area (TPSA) is 126 Å². The molecule has 2 aromatic rings. The van der Waals surface area contributed by atoms with Crippen molar-refractivity contribution in [2.24, 2.45) is 13.0 Å². The second kappa shape index (κ2) is 13.8. The first-order chi connectivity index (χ1) is 18.1. The number of likely N-dealkylation sites (tertiary alicyclic amines) is 1. The van der Waals surface area contributed by atoms with E-state index in [9.17, 15) is 26.3 Å². The molecule has 2 N–H and O–H groups in total. The molecule has 0 unspecified atom stereocenters. The first-order valence-electron chi connectivity index (χ1n) is 12.3. The van der Waals surface area contributed by atoms with Gasteiger partial charge in [-0.2, -0.15) is 26.3 Å². The fourth-order valence-electron chi connectivity index (χ4n) is 4.33. The molecule has 1 aliphatic heterocycles. The molecule has 3 heterocycles. The molecule has 1 saturated heterocycles. The minimum absolute atomic E-state index is 0.665.